The summed E-state index contributed by atoms with van der Waals surface area (Å²) in [5, 5.41) is 10.9. The largest absolute Gasteiger partial charge is 0.495 e. The summed E-state index contributed by atoms with van der Waals surface area (Å²) in [6.45, 7) is 5.14. The van der Waals surface area contributed by atoms with Gasteiger partial charge in [0.15, 0.2) is 6.10 Å². The second-order valence-corrected chi connectivity index (χ2v) is 11.6. The lowest BCUT2D eigenvalue weighted by atomic mass is 9.51. The number of aliphatic hydroxyl groups is 1. The van der Waals surface area contributed by atoms with Crippen LogP contribution in [0, 0.1) is 10.8 Å². The first kappa shape index (κ1) is 23.0. The number of ether oxygens (including phenoxy) is 6. The normalized spacial score (nSPS) is 53.5. The van der Waals surface area contributed by atoms with Crippen LogP contribution in [-0.2, 0) is 38.0 Å². The fraction of sp³-hybridized carbons (Fsp3) is 0.704. The molecule has 0 aromatic rings. The number of aliphatic hydroxyl groups excluding tert-OH is 1. The lowest BCUT2D eigenvalue weighted by molar-refractivity contribution is -0.233. The predicted molar refractivity (Wildman–Crippen MR) is 122 cm³/mol. The van der Waals surface area contributed by atoms with E-state index in [4.69, 9.17) is 28.4 Å². The topological polar surface area (TPSA) is 116 Å². The highest BCUT2D eigenvalue weighted by Gasteiger charge is 2.83. The molecule has 5 fully saturated rings. The zero-order valence-corrected chi connectivity index (χ0v) is 20.6. The SMILES string of the molecule is CC1=C[C@H]2O[C@@H]3C[C@H]4OC(=O)/C=C\C/C=C5\OCC[C@]6(O[C@@H]6C(=O)OC[C@@]2(CC1)[C@@]4(C)[C@]31CO1)[C@H]5O. The minimum absolute atomic E-state index is 0.0870. The molecule has 36 heavy (non-hydrogen) atoms. The number of allylic oxidation sites excluding steroid dienone is 3. The van der Waals surface area contributed by atoms with Crippen molar-refractivity contribution >= 4 is 11.9 Å². The average Bonchev–Trinajstić information content (AvgIpc) is 3.76. The first-order valence-electron chi connectivity index (χ1n) is 13.0. The third kappa shape index (κ3) is 2.80. The zero-order valence-electron chi connectivity index (χ0n) is 20.6. The maximum absolute atomic E-state index is 13.3. The number of esters is 2. The Bertz CT molecular complexity index is 1100. The summed E-state index contributed by atoms with van der Waals surface area (Å²) in [5.74, 6) is -0.588. The van der Waals surface area contributed by atoms with Gasteiger partial charge in [0.1, 0.15) is 35.8 Å². The van der Waals surface area contributed by atoms with E-state index in [-0.39, 0.29) is 18.8 Å². The highest BCUT2D eigenvalue weighted by atomic mass is 16.7. The molecular formula is C27H32O9. The van der Waals surface area contributed by atoms with Crippen LogP contribution in [0.25, 0.3) is 0 Å². The Kier molecular flexibility index (Phi) is 4.74. The highest BCUT2D eigenvalue weighted by molar-refractivity contribution is 5.82. The van der Waals surface area contributed by atoms with Gasteiger partial charge in [0, 0.05) is 24.3 Å². The molecule has 0 radical (unpaired) electrons. The monoisotopic (exact) mass is 500 g/mol. The maximum Gasteiger partial charge on any atom is 0.338 e. The van der Waals surface area contributed by atoms with Gasteiger partial charge in [-0.3, -0.25) is 0 Å². The first-order valence-corrected chi connectivity index (χ1v) is 13.0. The van der Waals surface area contributed by atoms with Crippen LogP contribution in [0.4, 0.5) is 0 Å². The van der Waals surface area contributed by atoms with E-state index in [1.807, 2.05) is 0 Å². The standard InChI is InChI=1S/C27H32O9/c1-15-7-8-25-13-32-23(30)22-26(36-22)9-10-31-16(21(26)29)5-3-4-6-20(28)35-17-12-19(34-18(25)11-15)27(14-33-27)24(17,25)2/h4-6,11,17-19,21-22,29H,3,7-10,12-14H2,1-2H3/b6-4-,16-5-/t17-,18-,19-,21+,22-,24+,25-,26+,27+/m1/s1. The molecule has 5 aliphatic heterocycles. The van der Waals surface area contributed by atoms with E-state index in [2.05, 4.69) is 19.9 Å². The van der Waals surface area contributed by atoms with Crippen LogP contribution < -0.4 is 0 Å². The summed E-state index contributed by atoms with van der Waals surface area (Å²) in [7, 11) is 0. The summed E-state index contributed by atoms with van der Waals surface area (Å²) in [4.78, 5) is 26.2. The Labute approximate surface area is 209 Å². The van der Waals surface area contributed by atoms with Crippen molar-refractivity contribution in [2.45, 2.75) is 87.7 Å². The average molecular weight is 501 g/mol. The number of carbonyl (C=O) groups is 2. The molecule has 7 aliphatic rings. The summed E-state index contributed by atoms with van der Waals surface area (Å²) in [5.41, 5.74) is -1.63. The molecule has 4 bridgehead atoms. The van der Waals surface area contributed by atoms with E-state index < -0.39 is 52.3 Å². The van der Waals surface area contributed by atoms with Gasteiger partial charge < -0.3 is 33.5 Å². The van der Waals surface area contributed by atoms with Crippen molar-refractivity contribution in [3.8, 4) is 0 Å². The van der Waals surface area contributed by atoms with Crippen molar-refractivity contribution < 1.29 is 43.1 Å². The van der Waals surface area contributed by atoms with Crippen molar-refractivity contribution in [1.29, 1.82) is 0 Å². The molecule has 1 saturated carbocycles. The third-order valence-electron chi connectivity index (χ3n) is 10.1. The van der Waals surface area contributed by atoms with Gasteiger partial charge in [-0.15, -0.1) is 0 Å². The molecule has 5 heterocycles. The number of carbonyl (C=O) groups excluding carboxylic acids is 2. The number of hydrogen-bond acceptors (Lipinski definition) is 9. The number of cyclic esters (lactones) is 1. The lowest BCUT2D eigenvalue weighted by Crippen LogP contribution is -2.66. The Morgan fingerprint density at radius 1 is 1.11 bits per heavy atom. The zero-order chi connectivity index (χ0) is 24.9. The molecule has 0 aromatic heterocycles. The van der Waals surface area contributed by atoms with Gasteiger partial charge in [-0.1, -0.05) is 24.6 Å². The first-order chi connectivity index (χ1) is 17.3. The summed E-state index contributed by atoms with van der Waals surface area (Å²) >= 11 is 0. The fourth-order valence-corrected chi connectivity index (χ4v) is 7.72. The van der Waals surface area contributed by atoms with Crippen LogP contribution in [0.5, 0.6) is 0 Å². The lowest BCUT2D eigenvalue weighted by Gasteiger charge is -2.58. The second-order valence-electron chi connectivity index (χ2n) is 11.6. The molecule has 0 unspecified atom stereocenters. The molecule has 7 rings (SSSR count). The van der Waals surface area contributed by atoms with Crippen LogP contribution >= 0.6 is 0 Å². The predicted octanol–water partition coefficient (Wildman–Crippen LogP) is 1.88. The summed E-state index contributed by atoms with van der Waals surface area (Å²) in [6.07, 6.45) is 6.90. The highest BCUT2D eigenvalue weighted by Crippen LogP contribution is 2.72. The summed E-state index contributed by atoms with van der Waals surface area (Å²) < 4.78 is 36.3. The van der Waals surface area contributed by atoms with Crippen LogP contribution in [0.2, 0.25) is 0 Å². The van der Waals surface area contributed by atoms with Crippen molar-refractivity contribution in [2.75, 3.05) is 19.8 Å². The number of fused-ring (bicyclic) bond motifs is 1. The Morgan fingerprint density at radius 2 is 1.94 bits per heavy atom. The number of hydrogen-bond donors (Lipinski definition) is 1. The van der Waals surface area contributed by atoms with Crippen LogP contribution in [0.3, 0.4) is 0 Å². The minimum atomic E-state index is -1.08. The molecule has 1 N–H and O–H groups in total. The second kappa shape index (κ2) is 7.43. The molecule has 3 spiro atoms. The van der Waals surface area contributed by atoms with Gasteiger partial charge in [-0.25, -0.2) is 9.59 Å². The van der Waals surface area contributed by atoms with E-state index in [1.54, 1.807) is 12.2 Å². The van der Waals surface area contributed by atoms with Gasteiger partial charge in [-0.2, -0.15) is 0 Å². The van der Waals surface area contributed by atoms with E-state index in [0.29, 0.717) is 44.7 Å². The quantitative estimate of drug-likeness (QED) is 0.302. The van der Waals surface area contributed by atoms with Crippen molar-refractivity contribution in [3.05, 3.63) is 35.6 Å². The van der Waals surface area contributed by atoms with Gasteiger partial charge in [-0.05, 0) is 32.3 Å². The molecule has 9 nitrogen and oxygen atoms in total. The molecule has 0 aromatic carbocycles. The van der Waals surface area contributed by atoms with Crippen LogP contribution in [0.15, 0.2) is 35.6 Å². The minimum Gasteiger partial charge on any atom is -0.495 e. The van der Waals surface area contributed by atoms with Crippen LogP contribution in [-0.4, -0.2) is 78.6 Å². The van der Waals surface area contributed by atoms with E-state index in [0.717, 1.165) is 6.42 Å². The fourth-order valence-electron chi connectivity index (χ4n) is 7.72. The maximum atomic E-state index is 13.3. The Balaban J connectivity index is 1.30. The molecular weight excluding hydrogens is 468 g/mol. The summed E-state index contributed by atoms with van der Waals surface area (Å²) in [6, 6.07) is 0. The van der Waals surface area contributed by atoms with E-state index in [1.165, 1.54) is 11.6 Å². The smallest absolute Gasteiger partial charge is 0.338 e. The van der Waals surface area contributed by atoms with Gasteiger partial charge in [0.25, 0.3) is 0 Å². The number of rotatable bonds is 0. The number of epoxide rings is 2. The van der Waals surface area contributed by atoms with Crippen molar-refractivity contribution in [2.24, 2.45) is 10.8 Å². The third-order valence-corrected chi connectivity index (χ3v) is 10.1. The van der Waals surface area contributed by atoms with E-state index >= 15 is 0 Å². The van der Waals surface area contributed by atoms with Crippen molar-refractivity contribution in [3.63, 3.8) is 0 Å². The Morgan fingerprint density at radius 3 is 2.75 bits per heavy atom. The molecule has 2 aliphatic carbocycles. The molecule has 4 saturated heterocycles. The van der Waals surface area contributed by atoms with Gasteiger partial charge >= 0.3 is 11.9 Å². The molecule has 0 amide bonds. The van der Waals surface area contributed by atoms with Crippen molar-refractivity contribution in [1.82, 2.24) is 0 Å². The molecule has 194 valence electrons. The molecule has 9 heteroatoms. The van der Waals surface area contributed by atoms with Crippen LogP contribution in [0.1, 0.15) is 46.0 Å². The van der Waals surface area contributed by atoms with Gasteiger partial charge in [0.05, 0.1) is 30.8 Å². The van der Waals surface area contributed by atoms with Gasteiger partial charge in [0.2, 0.25) is 0 Å². The van der Waals surface area contributed by atoms with E-state index in [9.17, 15) is 14.7 Å². The molecule has 9 atom stereocenters. The Hall–Kier alpha value is -2.20.